The first-order valence-electron chi connectivity index (χ1n) is 6.00. The molecule has 102 valence electrons. The third-order valence-electron chi connectivity index (χ3n) is 2.69. The van der Waals surface area contributed by atoms with Crippen molar-refractivity contribution < 1.29 is 4.79 Å². The van der Waals surface area contributed by atoms with Crippen LogP contribution in [0.3, 0.4) is 0 Å². The normalized spacial score (nSPS) is 9.90. The summed E-state index contributed by atoms with van der Waals surface area (Å²) in [7, 11) is 0. The van der Waals surface area contributed by atoms with Crippen LogP contribution in [0.2, 0.25) is 0 Å². The molecule has 0 bridgehead atoms. The van der Waals surface area contributed by atoms with Crippen molar-refractivity contribution in [3.8, 4) is 0 Å². The fourth-order valence-electron chi connectivity index (χ4n) is 1.59. The molecule has 2 aromatic carbocycles. The Bertz CT molecular complexity index is 644. The zero-order chi connectivity index (χ0) is 14.5. The van der Waals surface area contributed by atoms with Gasteiger partial charge < -0.3 is 5.32 Å². The highest BCUT2D eigenvalue weighted by molar-refractivity contribution is 9.10. The van der Waals surface area contributed by atoms with E-state index in [2.05, 4.69) is 26.6 Å². The molecule has 2 aromatic rings. The van der Waals surface area contributed by atoms with Gasteiger partial charge in [0.05, 0.1) is 0 Å². The van der Waals surface area contributed by atoms with Gasteiger partial charge in [0.1, 0.15) is 0 Å². The van der Waals surface area contributed by atoms with Crippen LogP contribution in [0.15, 0.2) is 53.0 Å². The zero-order valence-electron chi connectivity index (χ0n) is 10.8. The molecule has 0 unspecified atom stereocenters. The van der Waals surface area contributed by atoms with Crippen LogP contribution in [0, 0.1) is 6.92 Å². The van der Waals surface area contributed by atoms with Crippen molar-refractivity contribution in [2.75, 3.05) is 5.32 Å². The molecule has 0 atom stereocenters. The average molecular weight is 349 g/mol. The van der Waals surface area contributed by atoms with Crippen LogP contribution in [0.4, 0.5) is 5.69 Å². The molecule has 20 heavy (non-hydrogen) atoms. The number of anilines is 1. The van der Waals surface area contributed by atoms with E-state index in [1.54, 1.807) is 12.1 Å². The molecule has 2 rings (SSSR count). The highest BCUT2D eigenvalue weighted by Crippen LogP contribution is 2.17. The Hall–Kier alpha value is -1.72. The predicted octanol–water partition coefficient (Wildman–Crippen LogP) is 3.88. The number of hydrogen-bond acceptors (Lipinski definition) is 2. The molecule has 0 spiro atoms. The molecule has 0 fully saturated rings. The van der Waals surface area contributed by atoms with E-state index >= 15 is 0 Å². The second-order valence-corrected chi connectivity index (χ2v) is 5.50. The summed E-state index contributed by atoms with van der Waals surface area (Å²) < 4.78 is 0.895. The topological polar surface area (TPSA) is 41.1 Å². The molecule has 0 heterocycles. The first-order valence-corrected chi connectivity index (χ1v) is 7.20. The fourth-order valence-corrected chi connectivity index (χ4v) is 2.18. The minimum Gasteiger partial charge on any atom is -0.332 e. The lowest BCUT2D eigenvalue weighted by Gasteiger charge is -2.10. The van der Waals surface area contributed by atoms with Gasteiger partial charge in [-0.25, -0.2) is 0 Å². The van der Waals surface area contributed by atoms with E-state index in [-0.39, 0.29) is 11.0 Å². The van der Waals surface area contributed by atoms with Gasteiger partial charge in [-0.05, 0) is 49.0 Å². The van der Waals surface area contributed by atoms with E-state index in [9.17, 15) is 4.79 Å². The van der Waals surface area contributed by atoms with Gasteiger partial charge in [-0.2, -0.15) is 0 Å². The minimum atomic E-state index is -0.237. The van der Waals surface area contributed by atoms with Crippen LogP contribution in [0.5, 0.6) is 0 Å². The highest BCUT2D eigenvalue weighted by Gasteiger charge is 2.09. The molecule has 0 radical (unpaired) electrons. The molecule has 3 nitrogen and oxygen atoms in total. The molecule has 0 aliphatic carbocycles. The molecule has 0 aliphatic heterocycles. The summed E-state index contributed by atoms with van der Waals surface area (Å²) in [5.74, 6) is -0.237. The minimum absolute atomic E-state index is 0.237. The molecular formula is C15H13BrN2OS. The van der Waals surface area contributed by atoms with Crippen molar-refractivity contribution in [3.05, 3.63) is 64.1 Å². The quantitative estimate of drug-likeness (QED) is 0.809. The number of amides is 1. The first kappa shape index (κ1) is 14.7. The number of rotatable bonds is 2. The van der Waals surface area contributed by atoms with Gasteiger partial charge in [-0.1, -0.05) is 40.2 Å². The second-order valence-electron chi connectivity index (χ2n) is 4.24. The van der Waals surface area contributed by atoms with E-state index in [1.807, 2.05) is 43.3 Å². The number of hydrogen-bond donors (Lipinski definition) is 2. The van der Waals surface area contributed by atoms with Crippen LogP contribution < -0.4 is 10.6 Å². The van der Waals surface area contributed by atoms with Crippen molar-refractivity contribution >= 4 is 44.9 Å². The maximum atomic E-state index is 12.0. The van der Waals surface area contributed by atoms with Gasteiger partial charge in [0.15, 0.2) is 5.11 Å². The summed E-state index contributed by atoms with van der Waals surface area (Å²) in [6.45, 7) is 1.97. The Kier molecular flexibility index (Phi) is 4.87. The lowest BCUT2D eigenvalue weighted by atomic mass is 10.1. The van der Waals surface area contributed by atoms with Gasteiger partial charge in [0, 0.05) is 15.7 Å². The Morgan fingerprint density at radius 2 is 1.85 bits per heavy atom. The summed E-state index contributed by atoms with van der Waals surface area (Å²) in [6, 6.07) is 14.9. The number of thiocarbonyl (C=S) groups is 1. The molecule has 5 heteroatoms. The number of carbonyl (C=O) groups is 1. The van der Waals surface area contributed by atoms with E-state index in [0.717, 1.165) is 15.7 Å². The maximum absolute atomic E-state index is 12.0. The van der Waals surface area contributed by atoms with Crippen molar-refractivity contribution in [3.63, 3.8) is 0 Å². The monoisotopic (exact) mass is 348 g/mol. The van der Waals surface area contributed by atoms with Crippen LogP contribution >= 0.6 is 28.1 Å². The number of halogens is 1. The van der Waals surface area contributed by atoms with Gasteiger partial charge >= 0.3 is 0 Å². The Morgan fingerprint density at radius 1 is 1.15 bits per heavy atom. The van der Waals surface area contributed by atoms with E-state index in [0.29, 0.717) is 5.56 Å². The third-order valence-corrected chi connectivity index (χ3v) is 3.75. The highest BCUT2D eigenvalue weighted by atomic mass is 79.9. The van der Waals surface area contributed by atoms with Crippen molar-refractivity contribution in [1.29, 1.82) is 0 Å². The second kappa shape index (κ2) is 6.63. The van der Waals surface area contributed by atoms with Gasteiger partial charge in [-0.15, -0.1) is 0 Å². The van der Waals surface area contributed by atoms with E-state index in [4.69, 9.17) is 12.2 Å². The Balaban J connectivity index is 2.00. The third kappa shape index (κ3) is 3.88. The maximum Gasteiger partial charge on any atom is 0.257 e. The van der Waals surface area contributed by atoms with Crippen LogP contribution in [0.1, 0.15) is 15.9 Å². The van der Waals surface area contributed by atoms with Gasteiger partial charge in [0.2, 0.25) is 0 Å². The smallest absolute Gasteiger partial charge is 0.257 e. The molecular weight excluding hydrogens is 336 g/mol. The first-order chi connectivity index (χ1) is 9.56. The average Bonchev–Trinajstić information content (AvgIpc) is 2.42. The summed E-state index contributed by atoms with van der Waals surface area (Å²) in [5, 5.41) is 5.88. The largest absolute Gasteiger partial charge is 0.332 e. The fraction of sp³-hybridized carbons (Fsp3) is 0.0667. The SMILES string of the molecule is Cc1ccc(C(=O)NC(=S)Nc2ccccc2)cc1Br. The molecule has 0 saturated heterocycles. The van der Waals surface area contributed by atoms with Crippen LogP contribution in [-0.2, 0) is 0 Å². The Labute approximate surface area is 131 Å². The Morgan fingerprint density at radius 3 is 2.50 bits per heavy atom. The van der Waals surface area contributed by atoms with Crippen molar-refractivity contribution in [1.82, 2.24) is 5.32 Å². The number of para-hydroxylation sites is 1. The van der Waals surface area contributed by atoms with Crippen molar-refractivity contribution in [2.24, 2.45) is 0 Å². The summed E-state index contributed by atoms with van der Waals surface area (Å²) >= 11 is 8.52. The number of nitrogens with one attached hydrogen (secondary N) is 2. The number of carbonyl (C=O) groups excluding carboxylic acids is 1. The van der Waals surface area contributed by atoms with E-state index in [1.165, 1.54) is 0 Å². The molecule has 1 amide bonds. The molecule has 0 saturated carbocycles. The number of aryl methyl sites for hydroxylation is 1. The lowest BCUT2D eigenvalue weighted by Crippen LogP contribution is -2.34. The van der Waals surface area contributed by atoms with Gasteiger partial charge in [0.25, 0.3) is 5.91 Å². The summed E-state index contributed by atoms with van der Waals surface area (Å²) in [6.07, 6.45) is 0. The molecule has 2 N–H and O–H groups in total. The standard InChI is InChI=1S/C15H13BrN2OS/c1-10-7-8-11(9-13(10)16)14(19)18-15(20)17-12-5-3-2-4-6-12/h2-9H,1H3,(H2,17,18,19,20). The van der Waals surface area contributed by atoms with Gasteiger partial charge in [-0.3, -0.25) is 10.1 Å². The number of benzene rings is 2. The predicted molar refractivity (Wildman–Crippen MR) is 89.0 cm³/mol. The molecule has 0 aromatic heterocycles. The zero-order valence-corrected chi connectivity index (χ0v) is 13.2. The lowest BCUT2D eigenvalue weighted by molar-refractivity contribution is 0.0977. The van der Waals surface area contributed by atoms with E-state index < -0.39 is 0 Å². The summed E-state index contributed by atoms with van der Waals surface area (Å²) in [4.78, 5) is 12.0. The summed E-state index contributed by atoms with van der Waals surface area (Å²) in [5.41, 5.74) is 2.47. The molecule has 0 aliphatic rings. The van der Waals surface area contributed by atoms with Crippen LogP contribution in [0.25, 0.3) is 0 Å². The van der Waals surface area contributed by atoms with Crippen LogP contribution in [-0.4, -0.2) is 11.0 Å². The van der Waals surface area contributed by atoms with Crippen molar-refractivity contribution in [2.45, 2.75) is 6.92 Å².